The maximum absolute atomic E-state index is 13.5. The quantitative estimate of drug-likeness (QED) is 0.797. The first-order valence-corrected chi connectivity index (χ1v) is 4.83. The Morgan fingerprint density at radius 3 is 2.65 bits per heavy atom. The molecule has 3 nitrogen and oxygen atoms in total. The number of rotatable bonds is 2. The second-order valence-electron chi connectivity index (χ2n) is 3.36. The Labute approximate surface area is 96.4 Å². The fourth-order valence-corrected chi connectivity index (χ4v) is 1.49. The largest absolute Gasteiger partial charge is 0.261 e. The summed E-state index contributed by atoms with van der Waals surface area (Å²) in [5, 5.41) is 9.05. The molecule has 1 aromatic heterocycles. The Bertz CT molecular complexity index is 564. The molecule has 0 aliphatic carbocycles. The highest BCUT2D eigenvalue weighted by atomic mass is 19.1. The number of hydrogen-bond donors (Lipinski definition) is 0. The van der Waals surface area contributed by atoms with Crippen molar-refractivity contribution in [1.82, 2.24) is 9.97 Å². The number of nitrogens with zero attached hydrogens (tertiary/aromatic N) is 3. The number of hydrogen-bond acceptors (Lipinski definition) is 3. The van der Waals surface area contributed by atoms with E-state index in [9.17, 15) is 8.78 Å². The fraction of sp³-hybridized carbons (Fsp3) is 0.0833. The summed E-state index contributed by atoms with van der Waals surface area (Å²) in [6.45, 7) is 0. The van der Waals surface area contributed by atoms with Crippen molar-refractivity contribution >= 4 is 0 Å². The van der Waals surface area contributed by atoms with Gasteiger partial charge in [-0.3, -0.25) is 9.97 Å². The first-order chi connectivity index (χ1) is 8.22. The zero-order chi connectivity index (χ0) is 12.3. The predicted molar refractivity (Wildman–Crippen MR) is 55.8 cm³/mol. The van der Waals surface area contributed by atoms with Crippen molar-refractivity contribution in [3.8, 4) is 6.07 Å². The lowest BCUT2D eigenvalue weighted by Gasteiger charge is -2.09. The molecule has 0 bridgehead atoms. The van der Waals surface area contributed by atoms with Crippen LogP contribution in [0.1, 0.15) is 17.2 Å². The molecule has 0 saturated carbocycles. The molecule has 1 atom stereocenters. The van der Waals surface area contributed by atoms with Crippen molar-refractivity contribution in [2.24, 2.45) is 0 Å². The molecule has 2 aromatic rings. The van der Waals surface area contributed by atoms with Crippen LogP contribution in [-0.4, -0.2) is 9.97 Å². The molecule has 0 aliphatic rings. The van der Waals surface area contributed by atoms with E-state index in [0.29, 0.717) is 5.69 Å². The Kier molecular flexibility index (Phi) is 3.06. The van der Waals surface area contributed by atoms with Gasteiger partial charge in [0.1, 0.15) is 17.6 Å². The minimum atomic E-state index is -0.885. The van der Waals surface area contributed by atoms with Gasteiger partial charge < -0.3 is 0 Å². The molecule has 0 radical (unpaired) electrons. The van der Waals surface area contributed by atoms with Crippen molar-refractivity contribution in [3.05, 3.63) is 59.7 Å². The van der Waals surface area contributed by atoms with Crippen molar-refractivity contribution in [2.45, 2.75) is 5.92 Å². The highest BCUT2D eigenvalue weighted by molar-refractivity contribution is 5.34. The maximum Gasteiger partial charge on any atom is 0.131 e. The van der Waals surface area contributed by atoms with E-state index in [1.54, 1.807) is 0 Å². The molecular weight excluding hydrogens is 224 g/mol. The maximum atomic E-state index is 13.5. The number of aromatic nitrogens is 2. The van der Waals surface area contributed by atoms with E-state index >= 15 is 0 Å². The van der Waals surface area contributed by atoms with E-state index < -0.39 is 17.6 Å². The summed E-state index contributed by atoms with van der Waals surface area (Å²) in [5.41, 5.74) is 0.426. The van der Waals surface area contributed by atoms with Crippen molar-refractivity contribution in [2.75, 3.05) is 0 Å². The van der Waals surface area contributed by atoms with Gasteiger partial charge >= 0.3 is 0 Å². The Hall–Kier alpha value is -2.35. The van der Waals surface area contributed by atoms with Crippen LogP contribution in [0.15, 0.2) is 36.8 Å². The predicted octanol–water partition coefficient (Wildman–Crippen LogP) is 2.41. The molecule has 2 rings (SSSR count). The zero-order valence-corrected chi connectivity index (χ0v) is 8.64. The summed E-state index contributed by atoms with van der Waals surface area (Å²) < 4.78 is 26.3. The molecule has 0 fully saturated rings. The monoisotopic (exact) mass is 231 g/mol. The van der Waals surface area contributed by atoms with Crippen molar-refractivity contribution in [3.63, 3.8) is 0 Å². The third kappa shape index (κ3) is 2.26. The number of nitriles is 1. The summed E-state index contributed by atoms with van der Waals surface area (Å²) in [6, 6.07) is 5.03. The molecule has 0 spiro atoms. The van der Waals surface area contributed by atoms with Gasteiger partial charge in [0.15, 0.2) is 0 Å². The van der Waals surface area contributed by atoms with E-state index in [1.807, 2.05) is 6.07 Å². The average Bonchev–Trinajstić information content (AvgIpc) is 2.34. The molecule has 0 amide bonds. The van der Waals surface area contributed by atoms with Crippen LogP contribution in [-0.2, 0) is 0 Å². The normalized spacial score (nSPS) is 11.8. The van der Waals surface area contributed by atoms with Gasteiger partial charge in [-0.25, -0.2) is 8.78 Å². The van der Waals surface area contributed by atoms with Gasteiger partial charge in [-0.1, -0.05) is 6.07 Å². The van der Waals surface area contributed by atoms with Crippen LogP contribution in [0.3, 0.4) is 0 Å². The highest BCUT2D eigenvalue weighted by Crippen LogP contribution is 2.24. The average molecular weight is 231 g/mol. The van der Waals surface area contributed by atoms with Crippen LogP contribution in [0.2, 0.25) is 0 Å². The molecule has 1 aromatic carbocycles. The topological polar surface area (TPSA) is 49.6 Å². The molecule has 1 unspecified atom stereocenters. The Morgan fingerprint density at radius 2 is 2.06 bits per heavy atom. The van der Waals surface area contributed by atoms with Gasteiger partial charge in [-0.15, -0.1) is 0 Å². The molecule has 1 heterocycles. The fourth-order valence-electron chi connectivity index (χ4n) is 1.49. The van der Waals surface area contributed by atoms with Crippen LogP contribution < -0.4 is 0 Å². The van der Waals surface area contributed by atoms with Crippen LogP contribution >= 0.6 is 0 Å². The zero-order valence-electron chi connectivity index (χ0n) is 8.64. The van der Waals surface area contributed by atoms with Crippen molar-refractivity contribution in [1.29, 1.82) is 5.26 Å². The van der Waals surface area contributed by atoms with Gasteiger partial charge in [-0.2, -0.15) is 5.26 Å². The Morgan fingerprint density at radius 1 is 1.24 bits per heavy atom. The Balaban J connectivity index is 2.47. The molecule has 0 aliphatic heterocycles. The summed E-state index contributed by atoms with van der Waals surface area (Å²) >= 11 is 0. The summed E-state index contributed by atoms with van der Waals surface area (Å²) in [5.74, 6) is -2.33. The molecular formula is C12H7F2N3. The van der Waals surface area contributed by atoms with Crippen LogP contribution in [0, 0.1) is 23.0 Å². The van der Waals surface area contributed by atoms with E-state index in [4.69, 9.17) is 5.26 Å². The third-order valence-corrected chi connectivity index (χ3v) is 2.28. The van der Waals surface area contributed by atoms with Gasteiger partial charge in [0.05, 0.1) is 18.0 Å². The second kappa shape index (κ2) is 4.66. The lowest BCUT2D eigenvalue weighted by atomic mass is 9.97. The standard InChI is InChI=1S/C12H7F2N3/c13-8-1-2-9(11(14)5-8)10(6-15)12-7-16-3-4-17-12/h1-5,7,10H. The first-order valence-electron chi connectivity index (χ1n) is 4.83. The molecule has 17 heavy (non-hydrogen) atoms. The smallest absolute Gasteiger partial charge is 0.131 e. The van der Waals surface area contributed by atoms with E-state index in [2.05, 4.69) is 9.97 Å². The lowest BCUT2D eigenvalue weighted by Crippen LogP contribution is -2.04. The summed E-state index contributed by atoms with van der Waals surface area (Å²) in [4.78, 5) is 7.76. The van der Waals surface area contributed by atoms with Gasteiger partial charge in [-0.05, 0) is 6.07 Å². The second-order valence-corrected chi connectivity index (χ2v) is 3.36. The molecule has 84 valence electrons. The third-order valence-electron chi connectivity index (χ3n) is 2.28. The summed E-state index contributed by atoms with van der Waals surface area (Å²) in [6.07, 6.45) is 4.26. The molecule has 0 saturated heterocycles. The minimum Gasteiger partial charge on any atom is -0.261 e. The van der Waals surface area contributed by atoms with Gasteiger partial charge in [0.2, 0.25) is 0 Å². The van der Waals surface area contributed by atoms with Gasteiger partial charge in [0.25, 0.3) is 0 Å². The number of benzene rings is 1. The van der Waals surface area contributed by atoms with Gasteiger partial charge in [0, 0.05) is 24.0 Å². The molecule has 0 N–H and O–H groups in total. The highest BCUT2D eigenvalue weighted by Gasteiger charge is 2.19. The van der Waals surface area contributed by atoms with E-state index in [0.717, 1.165) is 12.1 Å². The van der Waals surface area contributed by atoms with Crippen LogP contribution in [0.5, 0.6) is 0 Å². The van der Waals surface area contributed by atoms with Crippen LogP contribution in [0.4, 0.5) is 8.78 Å². The number of halogens is 2. The summed E-state index contributed by atoms with van der Waals surface area (Å²) in [7, 11) is 0. The minimum absolute atomic E-state index is 0.0920. The lowest BCUT2D eigenvalue weighted by molar-refractivity contribution is 0.571. The first kappa shape index (κ1) is 11.1. The van der Waals surface area contributed by atoms with E-state index in [-0.39, 0.29) is 5.56 Å². The van der Waals surface area contributed by atoms with Crippen molar-refractivity contribution < 1.29 is 8.78 Å². The molecule has 5 heteroatoms. The van der Waals surface area contributed by atoms with E-state index in [1.165, 1.54) is 24.7 Å². The van der Waals surface area contributed by atoms with Crippen LogP contribution in [0.25, 0.3) is 0 Å². The SMILES string of the molecule is N#CC(c1cnccn1)c1ccc(F)cc1F.